The predicted octanol–water partition coefficient (Wildman–Crippen LogP) is 2.08. The van der Waals surface area contributed by atoms with E-state index in [0.29, 0.717) is 5.75 Å². The van der Waals surface area contributed by atoms with Crippen molar-refractivity contribution in [3.05, 3.63) is 24.5 Å². The Balaban J connectivity index is 0.000000671. The molecule has 0 aliphatic rings. The Hall–Kier alpha value is -1.38. The van der Waals surface area contributed by atoms with E-state index in [1.165, 1.54) is 6.92 Å². The molecular weight excluding hydrogens is 166 g/mol. The third-order valence-electron chi connectivity index (χ3n) is 1.08. The Morgan fingerprint density at radius 2 is 2.23 bits per heavy atom. The van der Waals surface area contributed by atoms with Gasteiger partial charge in [-0.3, -0.25) is 9.78 Å². The lowest BCUT2D eigenvalue weighted by molar-refractivity contribution is -0.118. The van der Waals surface area contributed by atoms with Crippen LogP contribution in [0.2, 0.25) is 0 Å². The van der Waals surface area contributed by atoms with Gasteiger partial charge in [-0.05, 0) is 19.1 Å². The predicted molar refractivity (Wildman–Crippen MR) is 51.8 cm³/mol. The van der Waals surface area contributed by atoms with Crippen molar-refractivity contribution in [3.63, 3.8) is 0 Å². The second kappa shape index (κ2) is 7.28. The van der Waals surface area contributed by atoms with Crippen LogP contribution >= 0.6 is 0 Å². The molecule has 1 aromatic heterocycles. The zero-order valence-electron chi connectivity index (χ0n) is 8.28. The van der Waals surface area contributed by atoms with Crippen LogP contribution < -0.4 is 4.74 Å². The number of hydrogen-bond donors (Lipinski definition) is 0. The van der Waals surface area contributed by atoms with E-state index in [4.69, 9.17) is 4.74 Å². The monoisotopic (exact) mass is 181 g/mol. The van der Waals surface area contributed by atoms with Crippen LogP contribution in [0.3, 0.4) is 0 Å². The molecule has 0 aliphatic carbocycles. The molecule has 0 aliphatic heterocycles. The second-order valence-corrected chi connectivity index (χ2v) is 2.18. The summed E-state index contributed by atoms with van der Waals surface area (Å²) in [5, 5.41) is 0. The summed E-state index contributed by atoms with van der Waals surface area (Å²) < 4.78 is 5.06. The highest BCUT2D eigenvalue weighted by Gasteiger charge is 1.94. The summed E-state index contributed by atoms with van der Waals surface area (Å²) in [5.41, 5.74) is 0. The minimum atomic E-state index is 0.00820. The van der Waals surface area contributed by atoms with E-state index in [1.54, 1.807) is 24.5 Å². The van der Waals surface area contributed by atoms with Crippen LogP contribution in [0, 0.1) is 0 Å². The molecule has 1 aromatic rings. The SMILES string of the molecule is CC.CC(=O)COc1cccnc1. The Labute approximate surface area is 78.8 Å². The highest BCUT2D eigenvalue weighted by Crippen LogP contribution is 2.05. The van der Waals surface area contributed by atoms with Crippen molar-refractivity contribution in [3.8, 4) is 5.75 Å². The molecule has 13 heavy (non-hydrogen) atoms. The number of rotatable bonds is 3. The fourth-order valence-electron chi connectivity index (χ4n) is 0.617. The molecule has 1 heterocycles. The molecule has 0 spiro atoms. The number of Topliss-reactive ketones (excluding diaryl/α,β-unsaturated/α-hetero) is 1. The minimum Gasteiger partial charge on any atom is -0.484 e. The van der Waals surface area contributed by atoms with E-state index in [-0.39, 0.29) is 12.4 Å². The van der Waals surface area contributed by atoms with Crippen molar-refractivity contribution in [2.45, 2.75) is 20.8 Å². The van der Waals surface area contributed by atoms with E-state index in [0.717, 1.165) is 0 Å². The van der Waals surface area contributed by atoms with Crippen molar-refractivity contribution in [1.29, 1.82) is 0 Å². The molecule has 0 aromatic carbocycles. The topological polar surface area (TPSA) is 39.2 Å². The Morgan fingerprint density at radius 3 is 2.69 bits per heavy atom. The summed E-state index contributed by atoms with van der Waals surface area (Å²) in [7, 11) is 0. The van der Waals surface area contributed by atoms with E-state index in [2.05, 4.69) is 4.98 Å². The van der Waals surface area contributed by atoms with E-state index in [1.807, 2.05) is 13.8 Å². The first-order chi connectivity index (χ1) is 6.29. The molecule has 1 rings (SSSR count). The summed E-state index contributed by atoms with van der Waals surface area (Å²) in [6.45, 7) is 5.60. The maximum absolute atomic E-state index is 10.5. The van der Waals surface area contributed by atoms with Gasteiger partial charge in [-0.25, -0.2) is 0 Å². The van der Waals surface area contributed by atoms with Gasteiger partial charge in [0.15, 0.2) is 5.78 Å². The zero-order valence-corrected chi connectivity index (χ0v) is 8.28. The summed E-state index contributed by atoms with van der Waals surface area (Å²) >= 11 is 0. The number of ketones is 1. The molecule has 0 amide bonds. The van der Waals surface area contributed by atoms with Gasteiger partial charge in [0.2, 0.25) is 0 Å². The lowest BCUT2D eigenvalue weighted by Crippen LogP contribution is -2.06. The lowest BCUT2D eigenvalue weighted by atomic mass is 10.4. The van der Waals surface area contributed by atoms with Gasteiger partial charge in [-0.1, -0.05) is 13.8 Å². The van der Waals surface area contributed by atoms with Crippen LogP contribution in [0.5, 0.6) is 5.75 Å². The number of carbonyl (C=O) groups is 1. The molecule has 0 fully saturated rings. The first-order valence-corrected chi connectivity index (χ1v) is 4.31. The molecule has 0 saturated carbocycles. The molecule has 0 unspecified atom stereocenters. The number of carbonyl (C=O) groups excluding carboxylic acids is 1. The van der Waals surface area contributed by atoms with Gasteiger partial charge < -0.3 is 4.74 Å². The van der Waals surface area contributed by atoms with Gasteiger partial charge in [-0.2, -0.15) is 0 Å². The van der Waals surface area contributed by atoms with Crippen LogP contribution in [0.15, 0.2) is 24.5 Å². The number of ether oxygens (including phenoxy) is 1. The first kappa shape index (κ1) is 11.6. The smallest absolute Gasteiger partial charge is 0.167 e. The Kier molecular flexibility index (Phi) is 6.51. The standard InChI is InChI=1S/C8H9NO2.C2H6/c1-7(10)6-11-8-3-2-4-9-5-8;1-2/h2-5H,6H2,1H3;1-2H3. The highest BCUT2D eigenvalue weighted by molar-refractivity contribution is 5.77. The van der Waals surface area contributed by atoms with Gasteiger partial charge in [0, 0.05) is 6.20 Å². The van der Waals surface area contributed by atoms with Gasteiger partial charge >= 0.3 is 0 Å². The fourth-order valence-corrected chi connectivity index (χ4v) is 0.617. The van der Waals surface area contributed by atoms with Crippen molar-refractivity contribution in [1.82, 2.24) is 4.98 Å². The third kappa shape index (κ3) is 5.84. The molecule has 0 N–H and O–H groups in total. The van der Waals surface area contributed by atoms with Gasteiger partial charge in [0.25, 0.3) is 0 Å². The number of pyridine rings is 1. The van der Waals surface area contributed by atoms with E-state index < -0.39 is 0 Å². The number of hydrogen-bond acceptors (Lipinski definition) is 3. The van der Waals surface area contributed by atoms with Crippen molar-refractivity contribution < 1.29 is 9.53 Å². The van der Waals surface area contributed by atoms with E-state index in [9.17, 15) is 4.79 Å². The summed E-state index contributed by atoms with van der Waals surface area (Å²) in [6, 6.07) is 3.52. The largest absolute Gasteiger partial charge is 0.484 e. The quantitative estimate of drug-likeness (QED) is 0.716. The molecule has 0 bridgehead atoms. The average molecular weight is 181 g/mol. The van der Waals surface area contributed by atoms with Crippen LogP contribution in [0.25, 0.3) is 0 Å². The second-order valence-electron chi connectivity index (χ2n) is 2.18. The zero-order chi connectivity index (χ0) is 10.1. The van der Waals surface area contributed by atoms with Crippen LogP contribution in [-0.4, -0.2) is 17.4 Å². The van der Waals surface area contributed by atoms with Gasteiger partial charge in [0.05, 0.1) is 6.20 Å². The Bertz CT molecular complexity index is 234. The Morgan fingerprint density at radius 1 is 1.54 bits per heavy atom. The molecule has 0 radical (unpaired) electrons. The van der Waals surface area contributed by atoms with Crippen molar-refractivity contribution in [2.24, 2.45) is 0 Å². The maximum atomic E-state index is 10.5. The number of aromatic nitrogens is 1. The lowest BCUT2D eigenvalue weighted by Gasteiger charge is -2.00. The number of nitrogens with zero attached hydrogens (tertiary/aromatic N) is 1. The van der Waals surface area contributed by atoms with Crippen LogP contribution in [0.4, 0.5) is 0 Å². The van der Waals surface area contributed by atoms with Crippen molar-refractivity contribution in [2.75, 3.05) is 6.61 Å². The highest BCUT2D eigenvalue weighted by atomic mass is 16.5. The van der Waals surface area contributed by atoms with E-state index >= 15 is 0 Å². The van der Waals surface area contributed by atoms with Crippen molar-refractivity contribution >= 4 is 5.78 Å². The molecule has 0 saturated heterocycles. The summed E-state index contributed by atoms with van der Waals surface area (Å²) in [6.07, 6.45) is 3.23. The minimum absolute atomic E-state index is 0.00820. The van der Waals surface area contributed by atoms with Gasteiger partial charge in [-0.15, -0.1) is 0 Å². The van der Waals surface area contributed by atoms with Crippen LogP contribution in [0.1, 0.15) is 20.8 Å². The first-order valence-electron chi connectivity index (χ1n) is 4.31. The third-order valence-corrected chi connectivity index (χ3v) is 1.08. The molecule has 72 valence electrons. The molecule has 0 atom stereocenters. The summed E-state index contributed by atoms with van der Waals surface area (Å²) in [5.74, 6) is 0.636. The summed E-state index contributed by atoms with van der Waals surface area (Å²) in [4.78, 5) is 14.3. The molecule has 3 heteroatoms. The fraction of sp³-hybridized carbons (Fsp3) is 0.400. The average Bonchev–Trinajstić information content (AvgIpc) is 2.19. The van der Waals surface area contributed by atoms with Crippen LogP contribution in [-0.2, 0) is 4.79 Å². The normalized spacial score (nSPS) is 8.23. The van der Waals surface area contributed by atoms with Gasteiger partial charge in [0.1, 0.15) is 12.4 Å². The maximum Gasteiger partial charge on any atom is 0.167 e. The molecular formula is C10H15NO2. The molecule has 3 nitrogen and oxygen atoms in total.